The highest BCUT2D eigenvalue weighted by Crippen LogP contribution is 2.32. The molecule has 20 heavy (non-hydrogen) atoms. The quantitative estimate of drug-likeness (QED) is 0.797. The second kappa shape index (κ2) is 6.11. The van der Waals surface area contributed by atoms with Crippen molar-refractivity contribution in [2.45, 2.75) is 13.8 Å². The molecule has 0 aliphatic heterocycles. The molecule has 0 radical (unpaired) electrons. The third-order valence-electron chi connectivity index (χ3n) is 3.22. The molecule has 2 heteroatoms. The van der Waals surface area contributed by atoms with Gasteiger partial charge in [-0.05, 0) is 60.4 Å². The van der Waals surface area contributed by atoms with E-state index in [0.717, 1.165) is 22.3 Å². The molecule has 0 aliphatic carbocycles. The predicted molar refractivity (Wildman–Crippen MR) is 83.5 cm³/mol. The molecule has 0 aromatic heterocycles. The maximum atomic E-state index is 9.39. The van der Waals surface area contributed by atoms with Gasteiger partial charge in [0.2, 0.25) is 0 Å². The van der Waals surface area contributed by atoms with Crippen LogP contribution in [0.25, 0.3) is 11.1 Å². The molecule has 2 aromatic rings. The Labute approximate surface area is 119 Å². The van der Waals surface area contributed by atoms with Gasteiger partial charge in [0, 0.05) is 0 Å². The molecule has 2 rings (SSSR count). The van der Waals surface area contributed by atoms with Crippen molar-refractivity contribution in [2.75, 3.05) is 0 Å². The van der Waals surface area contributed by atoms with Gasteiger partial charge in [-0.2, -0.15) is 0 Å². The topological polar surface area (TPSA) is 40.5 Å². The third-order valence-corrected chi connectivity index (χ3v) is 3.22. The van der Waals surface area contributed by atoms with E-state index < -0.39 is 0 Å². The van der Waals surface area contributed by atoms with Crippen LogP contribution in [-0.4, -0.2) is 10.2 Å². The van der Waals surface area contributed by atoms with Gasteiger partial charge in [-0.1, -0.05) is 36.4 Å². The van der Waals surface area contributed by atoms with Gasteiger partial charge in [-0.25, -0.2) is 0 Å². The zero-order valence-corrected chi connectivity index (χ0v) is 11.7. The summed E-state index contributed by atoms with van der Waals surface area (Å²) < 4.78 is 0. The van der Waals surface area contributed by atoms with Gasteiger partial charge in [0.15, 0.2) is 0 Å². The van der Waals surface area contributed by atoms with Crippen LogP contribution in [0.1, 0.15) is 25.0 Å². The molecule has 0 amide bonds. The molecular formula is C18H18O2. The predicted octanol–water partition coefficient (Wildman–Crippen LogP) is 4.60. The Morgan fingerprint density at radius 2 is 0.950 bits per heavy atom. The van der Waals surface area contributed by atoms with E-state index in [0.29, 0.717) is 0 Å². The van der Waals surface area contributed by atoms with Crippen molar-refractivity contribution in [3.63, 3.8) is 0 Å². The lowest BCUT2D eigenvalue weighted by Gasteiger charge is -2.13. The maximum Gasteiger partial charge on any atom is 0.115 e. The van der Waals surface area contributed by atoms with E-state index in [4.69, 9.17) is 0 Å². The lowest BCUT2D eigenvalue weighted by atomic mass is 9.92. The Bertz CT molecular complexity index is 573. The molecule has 2 N–H and O–H groups in total. The van der Waals surface area contributed by atoms with Crippen molar-refractivity contribution in [2.24, 2.45) is 0 Å². The monoisotopic (exact) mass is 266 g/mol. The summed E-state index contributed by atoms with van der Waals surface area (Å²) in [4.78, 5) is 0. The number of hydrogen-bond donors (Lipinski definition) is 2. The van der Waals surface area contributed by atoms with Gasteiger partial charge in [0.25, 0.3) is 0 Å². The number of hydrogen-bond acceptors (Lipinski definition) is 2. The van der Waals surface area contributed by atoms with Crippen LogP contribution in [0.5, 0.6) is 11.5 Å². The lowest BCUT2D eigenvalue weighted by molar-refractivity contribution is 0.474. The third kappa shape index (κ3) is 2.91. The molecular weight excluding hydrogens is 248 g/mol. The maximum absolute atomic E-state index is 9.39. The number of phenols is 2. The van der Waals surface area contributed by atoms with Crippen molar-refractivity contribution in [1.29, 1.82) is 0 Å². The molecule has 102 valence electrons. The van der Waals surface area contributed by atoms with Crippen LogP contribution in [0.2, 0.25) is 0 Å². The van der Waals surface area contributed by atoms with Crippen molar-refractivity contribution < 1.29 is 10.2 Å². The number of allylic oxidation sites excluding steroid dienone is 4. The van der Waals surface area contributed by atoms with Crippen molar-refractivity contribution >= 4 is 11.1 Å². The molecule has 2 nitrogen and oxygen atoms in total. The standard InChI is InChI=1S/C18H18O2/c1-3-17(13-5-9-15(19)10-6-13)18(4-2)14-7-11-16(20)12-8-14/h3-12,19-20H,1-2H3/b17-3+,18-4?. The molecule has 0 saturated heterocycles. The summed E-state index contributed by atoms with van der Waals surface area (Å²) in [7, 11) is 0. The SMILES string of the molecule is CC=C(/C(=C/C)c1ccc(O)cc1)c1ccc(O)cc1. The zero-order chi connectivity index (χ0) is 14.5. The molecule has 0 saturated carbocycles. The summed E-state index contributed by atoms with van der Waals surface area (Å²) in [5, 5.41) is 18.8. The van der Waals surface area contributed by atoms with Gasteiger partial charge in [0.05, 0.1) is 0 Å². The number of rotatable bonds is 3. The van der Waals surface area contributed by atoms with Crippen LogP contribution in [-0.2, 0) is 0 Å². The first kappa shape index (κ1) is 13.9. The number of benzene rings is 2. The summed E-state index contributed by atoms with van der Waals surface area (Å²) in [5.74, 6) is 0.520. The van der Waals surface area contributed by atoms with Gasteiger partial charge in [-0.15, -0.1) is 0 Å². The van der Waals surface area contributed by atoms with E-state index in [-0.39, 0.29) is 11.5 Å². The minimum Gasteiger partial charge on any atom is -0.508 e. The normalized spacial score (nSPS) is 12.5. The van der Waals surface area contributed by atoms with Gasteiger partial charge in [0.1, 0.15) is 11.5 Å². The highest BCUT2D eigenvalue weighted by Gasteiger charge is 2.09. The van der Waals surface area contributed by atoms with E-state index in [2.05, 4.69) is 12.2 Å². The fourth-order valence-corrected chi connectivity index (χ4v) is 2.24. The summed E-state index contributed by atoms with van der Waals surface area (Å²) in [5.41, 5.74) is 4.29. The molecule has 0 fully saturated rings. The number of aromatic hydroxyl groups is 2. The lowest BCUT2D eigenvalue weighted by Crippen LogP contribution is -1.90. The van der Waals surface area contributed by atoms with Crippen molar-refractivity contribution in [3.8, 4) is 11.5 Å². The number of phenolic OH excluding ortho intramolecular Hbond substituents is 2. The van der Waals surface area contributed by atoms with Crippen LogP contribution in [0.3, 0.4) is 0 Å². The minimum atomic E-state index is 0.260. The van der Waals surface area contributed by atoms with Gasteiger partial charge in [-0.3, -0.25) is 0 Å². The summed E-state index contributed by atoms with van der Waals surface area (Å²) >= 11 is 0. The summed E-state index contributed by atoms with van der Waals surface area (Å²) in [6.45, 7) is 3.98. The van der Waals surface area contributed by atoms with Crippen LogP contribution in [0.15, 0.2) is 60.7 Å². The highest BCUT2D eigenvalue weighted by atomic mass is 16.3. The molecule has 0 unspecified atom stereocenters. The fraction of sp³-hybridized carbons (Fsp3) is 0.111. The highest BCUT2D eigenvalue weighted by molar-refractivity contribution is 6.04. The van der Waals surface area contributed by atoms with Crippen LogP contribution in [0.4, 0.5) is 0 Å². The molecule has 0 spiro atoms. The average molecular weight is 266 g/mol. The van der Waals surface area contributed by atoms with Gasteiger partial charge >= 0.3 is 0 Å². The minimum absolute atomic E-state index is 0.260. The Hall–Kier alpha value is -2.48. The largest absolute Gasteiger partial charge is 0.508 e. The zero-order valence-electron chi connectivity index (χ0n) is 11.7. The Morgan fingerprint density at radius 3 is 1.20 bits per heavy atom. The first-order valence-corrected chi connectivity index (χ1v) is 6.57. The van der Waals surface area contributed by atoms with E-state index in [1.165, 1.54) is 0 Å². The van der Waals surface area contributed by atoms with E-state index >= 15 is 0 Å². The summed E-state index contributed by atoms with van der Waals surface area (Å²) in [6.07, 6.45) is 4.10. The van der Waals surface area contributed by atoms with Crippen molar-refractivity contribution in [1.82, 2.24) is 0 Å². The first-order chi connectivity index (χ1) is 9.65. The average Bonchev–Trinajstić information content (AvgIpc) is 2.47. The van der Waals surface area contributed by atoms with E-state index in [1.54, 1.807) is 24.3 Å². The Kier molecular flexibility index (Phi) is 4.26. The van der Waals surface area contributed by atoms with Crippen molar-refractivity contribution in [3.05, 3.63) is 71.8 Å². The molecule has 0 atom stereocenters. The summed E-state index contributed by atoms with van der Waals surface area (Å²) in [6, 6.07) is 14.3. The molecule has 0 heterocycles. The van der Waals surface area contributed by atoms with Crippen LogP contribution in [0, 0.1) is 0 Å². The smallest absolute Gasteiger partial charge is 0.115 e. The molecule has 0 bridgehead atoms. The second-order valence-electron chi connectivity index (χ2n) is 4.50. The second-order valence-corrected chi connectivity index (χ2v) is 4.50. The van der Waals surface area contributed by atoms with E-state index in [9.17, 15) is 10.2 Å². The van der Waals surface area contributed by atoms with Gasteiger partial charge < -0.3 is 10.2 Å². The molecule has 2 aromatic carbocycles. The Balaban J connectivity index is 2.44. The Morgan fingerprint density at radius 1 is 0.650 bits per heavy atom. The molecule has 0 aliphatic rings. The van der Waals surface area contributed by atoms with Crippen LogP contribution >= 0.6 is 0 Å². The van der Waals surface area contributed by atoms with E-state index in [1.807, 2.05) is 38.1 Å². The fourth-order valence-electron chi connectivity index (χ4n) is 2.24. The first-order valence-electron chi connectivity index (χ1n) is 6.57. The van der Waals surface area contributed by atoms with Crippen LogP contribution < -0.4 is 0 Å².